The Morgan fingerprint density at radius 3 is 2.68 bits per heavy atom. The van der Waals surface area contributed by atoms with Crippen molar-refractivity contribution < 1.29 is 9.34 Å². The topological polar surface area (TPSA) is 120 Å². The van der Waals surface area contributed by atoms with Gasteiger partial charge in [-0.15, -0.1) is 10.2 Å². The first-order valence-electron chi connectivity index (χ1n) is 7.59. The van der Waals surface area contributed by atoms with Gasteiger partial charge < -0.3 is 9.73 Å². The minimum Gasteiger partial charge on any atom is -0.423 e. The van der Waals surface area contributed by atoms with Crippen LogP contribution in [-0.4, -0.2) is 25.1 Å². The van der Waals surface area contributed by atoms with E-state index in [9.17, 15) is 10.1 Å². The van der Waals surface area contributed by atoms with Crippen LogP contribution in [0.25, 0.3) is 11.4 Å². The summed E-state index contributed by atoms with van der Waals surface area (Å²) in [5.41, 5.74) is 1.29. The van der Waals surface area contributed by atoms with Gasteiger partial charge in [0.1, 0.15) is 11.9 Å². The number of benzene rings is 1. The van der Waals surface area contributed by atoms with Gasteiger partial charge in [-0.25, -0.2) is 9.97 Å². The molecular formula is C16H16N6O3. The normalized spacial score (nSPS) is 12.0. The molecule has 0 saturated carbocycles. The first-order chi connectivity index (χ1) is 11.9. The summed E-state index contributed by atoms with van der Waals surface area (Å²) in [7, 11) is 0. The molecule has 25 heavy (non-hydrogen) atoms. The minimum atomic E-state index is -0.446. The maximum absolute atomic E-state index is 11.0. The largest absolute Gasteiger partial charge is 0.423 e. The Morgan fingerprint density at radius 1 is 1.20 bits per heavy atom. The Morgan fingerprint density at radius 2 is 2.00 bits per heavy atom. The zero-order chi connectivity index (χ0) is 18.0. The summed E-state index contributed by atoms with van der Waals surface area (Å²) in [6, 6.07) is 7.75. The number of nitro groups is 1. The third-order valence-electron chi connectivity index (χ3n) is 3.45. The Labute approximate surface area is 143 Å². The number of nitro benzene ring substituents is 1. The van der Waals surface area contributed by atoms with Crippen LogP contribution in [0.3, 0.4) is 0 Å². The molecule has 1 N–H and O–H groups in total. The predicted molar refractivity (Wildman–Crippen MR) is 89.9 cm³/mol. The van der Waals surface area contributed by atoms with E-state index in [2.05, 4.69) is 25.5 Å². The molecule has 9 heteroatoms. The van der Waals surface area contributed by atoms with Crippen LogP contribution in [0.4, 0.5) is 11.5 Å². The van der Waals surface area contributed by atoms with Gasteiger partial charge in [-0.1, -0.05) is 12.1 Å². The van der Waals surface area contributed by atoms with Crippen LogP contribution >= 0.6 is 0 Å². The highest BCUT2D eigenvalue weighted by molar-refractivity contribution is 5.61. The fourth-order valence-electron chi connectivity index (χ4n) is 2.30. The first-order valence-corrected chi connectivity index (χ1v) is 7.59. The van der Waals surface area contributed by atoms with Gasteiger partial charge in [-0.2, -0.15) is 0 Å². The van der Waals surface area contributed by atoms with E-state index in [1.807, 2.05) is 13.8 Å². The van der Waals surface area contributed by atoms with Crippen molar-refractivity contribution in [2.24, 2.45) is 0 Å². The number of hydrogen-bond donors (Lipinski definition) is 1. The maximum Gasteiger partial charge on any atom is 0.270 e. The van der Waals surface area contributed by atoms with E-state index in [1.165, 1.54) is 12.1 Å². The number of nitrogens with one attached hydrogen (secondary N) is 1. The second-order valence-corrected chi connectivity index (χ2v) is 5.55. The highest BCUT2D eigenvalue weighted by atomic mass is 16.6. The molecule has 1 atom stereocenters. The Kier molecular flexibility index (Phi) is 4.38. The van der Waals surface area contributed by atoms with Gasteiger partial charge in [0.15, 0.2) is 5.82 Å². The number of anilines is 1. The standard InChI is InChI=1S/C16H16N6O3/c1-9-7-14(18-10(2)16-21-20-11(3)25-16)19-15(17-9)12-5-4-6-13(8-12)22(23)24/h4-8,10H,1-3H3,(H,17,18,19)/t10-/m1/s1. The van der Waals surface area contributed by atoms with Crippen molar-refractivity contribution in [2.75, 3.05) is 5.32 Å². The molecular weight excluding hydrogens is 324 g/mol. The number of non-ortho nitro benzene ring substituents is 1. The molecule has 0 saturated heterocycles. The van der Waals surface area contributed by atoms with Crippen LogP contribution in [0.2, 0.25) is 0 Å². The highest BCUT2D eigenvalue weighted by Gasteiger charge is 2.15. The minimum absolute atomic E-state index is 0.00758. The van der Waals surface area contributed by atoms with E-state index in [4.69, 9.17) is 4.42 Å². The highest BCUT2D eigenvalue weighted by Crippen LogP contribution is 2.24. The number of aromatic nitrogens is 4. The second-order valence-electron chi connectivity index (χ2n) is 5.55. The van der Waals surface area contributed by atoms with E-state index in [-0.39, 0.29) is 11.7 Å². The molecule has 0 aliphatic rings. The lowest BCUT2D eigenvalue weighted by Crippen LogP contribution is -2.09. The molecule has 128 valence electrons. The second kappa shape index (κ2) is 6.63. The molecule has 0 aliphatic carbocycles. The lowest BCUT2D eigenvalue weighted by molar-refractivity contribution is -0.384. The summed E-state index contributed by atoms with van der Waals surface area (Å²) in [6.45, 7) is 5.42. The number of nitrogens with zero attached hydrogens (tertiary/aromatic N) is 5. The Bertz CT molecular complexity index is 924. The molecule has 0 aliphatic heterocycles. The zero-order valence-electron chi connectivity index (χ0n) is 13.9. The quantitative estimate of drug-likeness (QED) is 0.555. The fraction of sp³-hybridized carbons (Fsp3) is 0.250. The van der Waals surface area contributed by atoms with Gasteiger partial charge in [0.2, 0.25) is 11.8 Å². The number of hydrogen-bond acceptors (Lipinski definition) is 8. The lowest BCUT2D eigenvalue weighted by Gasteiger charge is -2.12. The smallest absolute Gasteiger partial charge is 0.270 e. The molecule has 1 aromatic carbocycles. The van der Waals surface area contributed by atoms with Crippen LogP contribution in [0.15, 0.2) is 34.7 Å². The molecule has 0 bridgehead atoms. The number of rotatable bonds is 5. The third kappa shape index (κ3) is 3.77. The SMILES string of the molecule is Cc1cc(N[C@H](C)c2nnc(C)o2)nc(-c2cccc([N+](=O)[O-])c2)n1. The first kappa shape index (κ1) is 16.5. The summed E-state index contributed by atoms with van der Waals surface area (Å²) >= 11 is 0. The van der Waals surface area contributed by atoms with Crippen molar-refractivity contribution in [3.63, 3.8) is 0 Å². The molecule has 9 nitrogen and oxygen atoms in total. The average molecular weight is 340 g/mol. The fourth-order valence-corrected chi connectivity index (χ4v) is 2.30. The Hall–Kier alpha value is -3.36. The van der Waals surface area contributed by atoms with Crippen LogP contribution in [0.5, 0.6) is 0 Å². The summed E-state index contributed by atoms with van der Waals surface area (Å²) in [6.07, 6.45) is 0. The zero-order valence-corrected chi connectivity index (χ0v) is 13.9. The molecule has 0 unspecified atom stereocenters. The number of aryl methyl sites for hydroxylation is 2. The molecule has 0 amide bonds. The van der Waals surface area contributed by atoms with Crippen LogP contribution in [0.1, 0.15) is 30.4 Å². The van der Waals surface area contributed by atoms with Crippen molar-refractivity contribution in [3.8, 4) is 11.4 Å². The third-order valence-corrected chi connectivity index (χ3v) is 3.45. The summed E-state index contributed by atoms with van der Waals surface area (Å²) < 4.78 is 5.40. The van der Waals surface area contributed by atoms with E-state index in [1.54, 1.807) is 25.1 Å². The average Bonchev–Trinajstić information content (AvgIpc) is 3.01. The van der Waals surface area contributed by atoms with Crippen molar-refractivity contribution in [1.82, 2.24) is 20.2 Å². The molecule has 0 radical (unpaired) electrons. The summed E-state index contributed by atoms with van der Waals surface area (Å²) in [5, 5.41) is 21.9. The maximum atomic E-state index is 11.0. The van der Waals surface area contributed by atoms with Gasteiger partial charge >= 0.3 is 0 Å². The van der Waals surface area contributed by atoms with E-state index >= 15 is 0 Å². The van der Waals surface area contributed by atoms with Gasteiger partial charge in [0.25, 0.3) is 5.69 Å². The lowest BCUT2D eigenvalue weighted by atomic mass is 10.2. The van der Waals surface area contributed by atoms with Crippen molar-refractivity contribution in [1.29, 1.82) is 0 Å². The predicted octanol–water partition coefficient (Wildman–Crippen LogP) is 3.22. The molecule has 3 aromatic rings. The summed E-state index contributed by atoms with van der Waals surface area (Å²) in [4.78, 5) is 19.3. The van der Waals surface area contributed by atoms with Crippen LogP contribution < -0.4 is 5.32 Å². The molecule has 2 heterocycles. The van der Waals surface area contributed by atoms with E-state index in [0.29, 0.717) is 29.0 Å². The summed E-state index contributed by atoms with van der Waals surface area (Å²) in [5.74, 6) is 1.91. The molecule has 0 fully saturated rings. The van der Waals surface area contributed by atoms with Crippen molar-refractivity contribution in [3.05, 3.63) is 57.9 Å². The van der Waals surface area contributed by atoms with Gasteiger partial charge in [0, 0.05) is 36.4 Å². The Balaban J connectivity index is 1.90. The van der Waals surface area contributed by atoms with E-state index in [0.717, 1.165) is 5.69 Å². The van der Waals surface area contributed by atoms with Gasteiger partial charge in [-0.3, -0.25) is 10.1 Å². The monoisotopic (exact) mass is 340 g/mol. The van der Waals surface area contributed by atoms with Crippen molar-refractivity contribution >= 4 is 11.5 Å². The molecule has 2 aromatic heterocycles. The van der Waals surface area contributed by atoms with Gasteiger partial charge in [0.05, 0.1) is 4.92 Å². The van der Waals surface area contributed by atoms with E-state index < -0.39 is 4.92 Å². The van der Waals surface area contributed by atoms with Gasteiger partial charge in [-0.05, 0) is 13.8 Å². The molecule has 3 rings (SSSR count). The molecule has 0 spiro atoms. The van der Waals surface area contributed by atoms with Crippen LogP contribution in [-0.2, 0) is 0 Å². The van der Waals surface area contributed by atoms with Crippen molar-refractivity contribution in [2.45, 2.75) is 26.8 Å². The van der Waals surface area contributed by atoms with Crippen LogP contribution in [0, 0.1) is 24.0 Å².